The number of hydrogen-bond donors (Lipinski definition) is 0. The van der Waals surface area contributed by atoms with Crippen LogP contribution in [0.4, 0.5) is 0 Å². The highest BCUT2D eigenvalue weighted by Crippen LogP contribution is 2.38. The van der Waals surface area contributed by atoms with Gasteiger partial charge in [-0.1, -0.05) is 29.6 Å². The Labute approximate surface area is 121 Å². The molecule has 0 atom stereocenters. The van der Waals surface area contributed by atoms with Crippen LogP contribution in [-0.4, -0.2) is 9.55 Å². The van der Waals surface area contributed by atoms with Crippen molar-refractivity contribution in [3.63, 3.8) is 0 Å². The van der Waals surface area contributed by atoms with Crippen LogP contribution in [-0.2, 0) is 6.54 Å². The molecule has 1 aromatic heterocycles. The summed E-state index contributed by atoms with van der Waals surface area (Å²) in [7, 11) is 0. The number of rotatable bonds is 3. The zero-order chi connectivity index (χ0) is 13.4. The third-order valence-corrected chi connectivity index (χ3v) is 4.46. The zero-order valence-electron chi connectivity index (χ0n) is 10.4. The Morgan fingerprint density at radius 2 is 2.05 bits per heavy atom. The van der Waals surface area contributed by atoms with E-state index in [0.29, 0.717) is 28.9 Å². The predicted molar refractivity (Wildman–Crippen MR) is 76.6 cm³/mol. The van der Waals surface area contributed by atoms with E-state index in [1.54, 1.807) is 0 Å². The van der Waals surface area contributed by atoms with Crippen LogP contribution in [0, 0.1) is 11.3 Å². The third kappa shape index (κ3) is 2.20. The molecular weight excluding hydrogens is 281 g/mol. The van der Waals surface area contributed by atoms with Crippen LogP contribution in [0.5, 0.6) is 0 Å². The summed E-state index contributed by atoms with van der Waals surface area (Å²) in [5.74, 6) is 1.60. The summed E-state index contributed by atoms with van der Waals surface area (Å²) in [6.45, 7) is 0.663. The number of halogens is 2. The summed E-state index contributed by atoms with van der Waals surface area (Å²) in [6.07, 6.45) is 4.09. The molecule has 1 fully saturated rings. The molecule has 3 nitrogen and oxygen atoms in total. The van der Waals surface area contributed by atoms with Gasteiger partial charge in [0.15, 0.2) is 0 Å². The molecule has 0 spiro atoms. The molecule has 0 saturated heterocycles. The Morgan fingerprint density at radius 1 is 1.32 bits per heavy atom. The van der Waals surface area contributed by atoms with Crippen LogP contribution in [0.2, 0.25) is 10.0 Å². The van der Waals surface area contributed by atoms with Crippen molar-refractivity contribution in [3.05, 3.63) is 28.0 Å². The molecule has 1 saturated carbocycles. The first-order chi connectivity index (χ1) is 9.20. The van der Waals surface area contributed by atoms with Crippen molar-refractivity contribution in [3.8, 4) is 6.07 Å². The van der Waals surface area contributed by atoms with Gasteiger partial charge in [0.1, 0.15) is 5.82 Å². The maximum atomic E-state index is 8.81. The molecule has 0 unspecified atom stereocenters. The highest BCUT2D eigenvalue weighted by Gasteiger charge is 2.26. The van der Waals surface area contributed by atoms with Crippen molar-refractivity contribution in [2.24, 2.45) is 0 Å². The molecule has 1 aliphatic carbocycles. The summed E-state index contributed by atoms with van der Waals surface area (Å²) < 4.78 is 2.13. The van der Waals surface area contributed by atoms with Gasteiger partial charge in [0.2, 0.25) is 0 Å². The summed E-state index contributed by atoms with van der Waals surface area (Å²) in [6, 6.07) is 5.85. The van der Waals surface area contributed by atoms with Gasteiger partial charge in [0.05, 0.1) is 33.6 Å². The Kier molecular flexibility index (Phi) is 3.38. The van der Waals surface area contributed by atoms with E-state index in [0.717, 1.165) is 16.9 Å². The molecule has 0 bridgehead atoms. The van der Waals surface area contributed by atoms with Crippen LogP contribution in [0.3, 0.4) is 0 Å². The number of nitriles is 1. The Bertz CT molecular complexity index is 665. The van der Waals surface area contributed by atoms with Gasteiger partial charge in [-0.3, -0.25) is 0 Å². The van der Waals surface area contributed by atoms with E-state index in [1.165, 1.54) is 19.3 Å². The summed E-state index contributed by atoms with van der Waals surface area (Å²) in [5, 5.41) is 9.87. The minimum atomic E-state index is 0.478. The molecule has 5 heteroatoms. The number of benzene rings is 1. The van der Waals surface area contributed by atoms with Crippen LogP contribution in [0.25, 0.3) is 11.0 Å². The minimum Gasteiger partial charge on any atom is -0.327 e. The third-order valence-electron chi connectivity index (χ3n) is 3.74. The molecule has 1 aliphatic rings. The lowest BCUT2D eigenvalue weighted by atomic mass is 9.85. The summed E-state index contributed by atoms with van der Waals surface area (Å²) >= 11 is 12.1. The van der Waals surface area contributed by atoms with Crippen molar-refractivity contribution in [1.82, 2.24) is 9.55 Å². The molecule has 0 aliphatic heterocycles. The maximum Gasteiger partial charge on any atom is 0.113 e. The van der Waals surface area contributed by atoms with Crippen molar-refractivity contribution in [1.29, 1.82) is 5.26 Å². The second kappa shape index (κ2) is 5.03. The number of fused-ring (bicyclic) bond motifs is 1. The number of aryl methyl sites for hydroxylation is 1. The summed E-state index contributed by atoms with van der Waals surface area (Å²) in [4.78, 5) is 4.70. The molecule has 98 valence electrons. The van der Waals surface area contributed by atoms with Gasteiger partial charge < -0.3 is 4.57 Å². The van der Waals surface area contributed by atoms with Crippen molar-refractivity contribution < 1.29 is 0 Å². The van der Waals surface area contributed by atoms with Crippen LogP contribution in [0.15, 0.2) is 12.1 Å². The predicted octanol–water partition coefficient (Wildman–Crippen LogP) is 4.52. The smallest absolute Gasteiger partial charge is 0.113 e. The maximum absolute atomic E-state index is 8.81. The van der Waals surface area contributed by atoms with Gasteiger partial charge in [0.25, 0.3) is 0 Å². The molecule has 0 amide bonds. The average molecular weight is 294 g/mol. The standard InChI is InChI=1S/C14H13Cl2N3/c15-10-7-12-13(8-11(10)16)19(6-2-5-17)14(18-12)9-3-1-4-9/h7-9H,1-4,6H2. The van der Waals surface area contributed by atoms with Gasteiger partial charge >= 0.3 is 0 Å². The van der Waals surface area contributed by atoms with E-state index in [9.17, 15) is 0 Å². The molecule has 1 heterocycles. The molecule has 1 aromatic carbocycles. The van der Waals surface area contributed by atoms with Gasteiger partial charge in [-0.2, -0.15) is 5.26 Å². The lowest BCUT2D eigenvalue weighted by molar-refractivity contribution is 0.389. The molecule has 0 N–H and O–H groups in total. The topological polar surface area (TPSA) is 41.6 Å². The van der Waals surface area contributed by atoms with E-state index >= 15 is 0 Å². The van der Waals surface area contributed by atoms with Crippen LogP contribution < -0.4 is 0 Å². The van der Waals surface area contributed by atoms with Gasteiger partial charge in [-0.25, -0.2) is 4.98 Å². The summed E-state index contributed by atoms with van der Waals surface area (Å²) in [5.41, 5.74) is 1.85. The Morgan fingerprint density at radius 3 is 2.68 bits per heavy atom. The first kappa shape index (κ1) is 12.8. The van der Waals surface area contributed by atoms with E-state index in [2.05, 4.69) is 10.6 Å². The first-order valence-corrected chi connectivity index (χ1v) is 7.18. The van der Waals surface area contributed by atoms with Gasteiger partial charge in [-0.05, 0) is 25.0 Å². The van der Waals surface area contributed by atoms with Crippen molar-refractivity contribution in [2.75, 3.05) is 0 Å². The quantitative estimate of drug-likeness (QED) is 0.834. The van der Waals surface area contributed by atoms with Gasteiger partial charge in [0, 0.05) is 12.5 Å². The highest BCUT2D eigenvalue weighted by molar-refractivity contribution is 6.42. The monoisotopic (exact) mass is 293 g/mol. The van der Waals surface area contributed by atoms with E-state index < -0.39 is 0 Å². The van der Waals surface area contributed by atoms with Crippen molar-refractivity contribution in [2.45, 2.75) is 38.1 Å². The second-order valence-corrected chi connectivity index (χ2v) is 5.73. The van der Waals surface area contributed by atoms with E-state index in [-0.39, 0.29) is 0 Å². The largest absolute Gasteiger partial charge is 0.327 e. The fourth-order valence-electron chi connectivity index (χ4n) is 2.51. The van der Waals surface area contributed by atoms with E-state index in [1.807, 2.05) is 12.1 Å². The number of imidazole rings is 1. The zero-order valence-corrected chi connectivity index (χ0v) is 11.9. The first-order valence-electron chi connectivity index (χ1n) is 6.43. The fraction of sp³-hybridized carbons (Fsp3) is 0.429. The minimum absolute atomic E-state index is 0.478. The molecule has 19 heavy (non-hydrogen) atoms. The number of nitrogens with zero attached hydrogens (tertiary/aromatic N) is 3. The molecule has 3 rings (SSSR count). The number of aromatic nitrogens is 2. The van der Waals surface area contributed by atoms with Crippen molar-refractivity contribution >= 4 is 34.2 Å². The highest BCUT2D eigenvalue weighted by atomic mass is 35.5. The normalized spacial score (nSPS) is 15.4. The second-order valence-electron chi connectivity index (χ2n) is 4.91. The Balaban J connectivity index is 2.15. The van der Waals surface area contributed by atoms with Gasteiger partial charge in [-0.15, -0.1) is 0 Å². The lowest BCUT2D eigenvalue weighted by Crippen LogP contribution is -2.15. The molecular formula is C14H13Cl2N3. The lowest BCUT2D eigenvalue weighted by Gasteiger charge is -2.25. The molecule has 0 radical (unpaired) electrons. The van der Waals surface area contributed by atoms with E-state index in [4.69, 9.17) is 33.4 Å². The SMILES string of the molecule is N#CCCn1c(C2CCC2)nc2cc(Cl)c(Cl)cc21. The molecule has 2 aromatic rings. The fourth-order valence-corrected chi connectivity index (χ4v) is 2.83. The Hall–Kier alpha value is -1.24. The van der Waals surface area contributed by atoms with Crippen LogP contribution >= 0.6 is 23.2 Å². The number of hydrogen-bond acceptors (Lipinski definition) is 2. The average Bonchev–Trinajstić information content (AvgIpc) is 2.63. The van der Waals surface area contributed by atoms with Crippen LogP contribution in [0.1, 0.15) is 37.4 Å².